The topological polar surface area (TPSA) is 67.3 Å². The first kappa shape index (κ1) is 12.3. The zero-order valence-corrected chi connectivity index (χ0v) is 10.8. The molecule has 7 heteroatoms. The summed E-state index contributed by atoms with van der Waals surface area (Å²) in [6.45, 7) is 3.82. The van der Waals surface area contributed by atoms with Gasteiger partial charge in [-0.15, -0.1) is 0 Å². The van der Waals surface area contributed by atoms with Gasteiger partial charge in [0.2, 0.25) is 11.0 Å². The van der Waals surface area contributed by atoms with E-state index in [1.807, 2.05) is 0 Å². The Bertz CT molecular complexity index is 389. The highest BCUT2D eigenvalue weighted by Gasteiger charge is 2.29. The van der Waals surface area contributed by atoms with Crippen LogP contribution in [0, 0.1) is 0 Å². The molecule has 1 saturated heterocycles. The number of methoxy groups -OCH3 is 1. The van der Waals surface area contributed by atoms with Crippen LogP contribution in [0.3, 0.4) is 0 Å². The van der Waals surface area contributed by atoms with Crippen molar-refractivity contribution in [2.45, 2.75) is 19.4 Å². The lowest BCUT2D eigenvalue weighted by Gasteiger charge is -2.38. The maximum absolute atomic E-state index is 10.8. The van der Waals surface area contributed by atoms with Crippen molar-refractivity contribution in [2.24, 2.45) is 0 Å². The zero-order chi connectivity index (χ0) is 12.3. The van der Waals surface area contributed by atoms with Gasteiger partial charge < -0.3 is 15.0 Å². The first-order valence-corrected chi connectivity index (χ1v) is 6.30. The van der Waals surface area contributed by atoms with Gasteiger partial charge in [-0.2, -0.15) is 4.37 Å². The summed E-state index contributed by atoms with van der Waals surface area (Å²) in [5.41, 5.74) is 0. The molecule has 0 radical (unpaired) electrons. The molecule has 6 nitrogen and oxygen atoms in total. The van der Waals surface area contributed by atoms with Crippen molar-refractivity contribution in [3.63, 3.8) is 0 Å². The van der Waals surface area contributed by atoms with Gasteiger partial charge in [-0.3, -0.25) is 4.79 Å². The van der Waals surface area contributed by atoms with E-state index >= 15 is 0 Å². The van der Waals surface area contributed by atoms with Gasteiger partial charge in [0.25, 0.3) is 0 Å². The van der Waals surface area contributed by atoms with Gasteiger partial charge in [0.05, 0.1) is 12.6 Å². The van der Waals surface area contributed by atoms with Gasteiger partial charge in [0.1, 0.15) is 5.82 Å². The number of carbonyl (C=O) groups is 1. The highest BCUT2D eigenvalue weighted by molar-refractivity contribution is 7.09. The van der Waals surface area contributed by atoms with Crippen LogP contribution < -0.4 is 10.2 Å². The lowest BCUT2D eigenvalue weighted by molar-refractivity contribution is -0.119. The van der Waals surface area contributed by atoms with Crippen molar-refractivity contribution in [1.29, 1.82) is 0 Å². The lowest BCUT2D eigenvalue weighted by Crippen LogP contribution is -2.59. The molecule has 0 aliphatic carbocycles. The Balaban J connectivity index is 1.80. The maximum atomic E-state index is 10.8. The van der Waals surface area contributed by atoms with Crippen LogP contribution in [-0.2, 0) is 16.0 Å². The van der Waals surface area contributed by atoms with E-state index in [1.54, 1.807) is 7.11 Å². The standard InChI is InChI=1S/C10H16N4O2S/c1-7(15)11-8-5-14(6-8)10-12-9(13-17-10)3-4-16-2/h8H,3-6H2,1-2H3,(H,11,15). The molecule has 1 aliphatic rings. The molecule has 1 aromatic heterocycles. The maximum Gasteiger partial charge on any atom is 0.217 e. The minimum absolute atomic E-state index is 0.0210. The highest BCUT2D eigenvalue weighted by atomic mass is 32.1. The molecule has 0 spiro atoms. The predicted octanol–water partition coefficient (Wildman–Crippen LogP) is 0.0517. The number of hydrogen-bond donors (Lipinski definition) is 1. The van der Waals surface area contributed by atoms with Gasteiger partial charge in [0, 0.05) is 45.1 Å². The van der Waals surface area contributed by atoms with E-state index in [9.17, 15) is 4.79 Å². The molecule has 0 bridgehead atoms. The van der Waals surface area contributed by atoms with Crippen LogP contribution in [-0.4, -0.2) is 48.1 Å². The molecular weight excluding hydrogens is 240 g/mol. The van der Waals surface area contributed by atoms with Gasteiger partial charge >= 0.3 is 0 Å². The number of rotatable bonds is 5. The average Bonchev–Trinajstić information content (AvgIpc) is 2.67. The van der Waals surface area contributed by atoms with Gasteiger partial charge in [-0.1, -0.05) is 0 Å². The average molecular weight is 256 g/mol. The minimum atomic E-state index is 0.0210. The molecule has 0 atom stereocenters. The van der Waals surface area contributed by atoms with Crippen molar-refractivity contribution >= 4 is 22.6 Å². The monoisotopic (exact) mass is 256 g/mol. The molecule has 0 saturated carbocycles. The van der Waals surface area contributed by atoms with Crippen molar-refractivity contribution in [1.82, 2.24) is 14.7 Å². The number of anilines is 1. The SMILES string of the molecule is COCCc1nsc(N2CC(NC(C)=O)C2)n1. The summed E-state index contributed by atoms with van der Waals surface area (Å²) in [6.07, 6.45) is 0.746. The van der Waals surface area contributed by atoms with Gasteiger partial charge in [0.15, 0.2) is 0 Å². The zero-order valence-electron chi connectivity index (χ0n) is 9.97. The fourth-order valence-corrected chi connectivity index (χ4v) is 2.41. The quantitative estimate of drug-likeness (QED) is 0.806. The van der Waals surface area contributed by atoms with Crippen molar-refractivity contribution in [2.75, 3.05) is 31.7 Å². The van der Waals surface area contributed by atoms with E-state index in [0.717, 1.165) is 30.5 Å². The Hall–Kier alpha value is -1.21. The summed E-state index contributed by atoms with van der Waals surface area (Å²) < 4.78 is 9.24. The van der Waals surface area contributed by atoms with Gasteiger partial charge in [-0.05, 0) is 0 Å². The van der Waals surface area contributed by atoms with Crippen molar-refractivity contribution in [3.8, 4) is 0 Å². The number of amides is 1. The number of aromatic nitrogens is 2. The molecule has 1 fully saturated rings. The number of nitrogens with one attached hydrogen (secondary N) is 1. The number of nitrogens with zero attached hydrogens (tertiary/aromatic N) is 3. The highest BCUT2D eigenvalue weighted by Crippen LogP contribution is 2.22. The molecule has 2 rings (SSSR count). The second-order valence-electron chi connectivity index (χ2n) is 4.04. The number of carbonyl (C=O) groups excluding carboxylic acids is 1. The van der Waals surface area contributed by atoms with E-state index in [2.05, 4.69) is 19.6 Å². The summed E-state index contributed by atoms with van der Waals surface area (Å²) in [5.74, 6) is 0.850. The van der Waals surface area contributed by atoms with Crippen LogP contribution in [0.1, 0.15) is 12.7 Å². The van der Waals surface area contributed by atoms with Crippen LogP contribution in [0.5, 0.6) is 0 Å². The molecule has 94 valence electrons. The van der Waals surface area contributed by atoms with E-state index in [0.29, 0.717) is 6.61 Å². The Kier molecular flexibility index (Phi) is 3.90. The third-order valence-corrected chi connectivity index (χ3v) is 3.36. The predicted molar refractivity (Wildman–Crippen MR) is 65.3 cm³/mol. The van der Waals surface area contributed by atoms with Crippen LogP contribution in [0.2, 0.25) is 0 Å². The van der Waals surface area contributed by atoms with Crippen molar-refractivity contribution in [3.05, 3.63) is 5.82 Å². The normalized spacial score (nSPS) is 15.8. The molecule has 1 amide bonds. The largest absolute Gasteiger partial charge is 0.384 e. The molecular formula is C10H16N4O2S. The van der Waals surface area contributed by atoms with E-state index in [4.69, 9.17) is 4.74 Å². The number of hydrogen-bond acceptors (Lipinski definition) is 6. The first-order valence-electron chi connectivity index (χ1n) is 5.52. The summed E-state index contributed by atoms with van der Waals surface area (Å²) in [5, 5.41) is 3.80. The molecule has 1 N–H and O–H groups in total. The van der Waals surface area contributed by atoms with Crippen molar-refractivity contribution < 1.29 is 9.53 Å². The Labute approximate surface area is 104 Å². The van der Waals surface area contributed by atoms with E-state index < -0.39 is 0 Å². The molecule has 1 aromatic rings. The Morgan fingerprint density at radius 3 is 3.06 bits per heavy atom. The van der Waals surface area contributed by atoms with Gasteiger partial charge in [-0.25, -0.2) is 4.98 Å². The minimum Gasteiger partial charge on any atom is -0.384 e. The second-order valence-corrected chi connectivity index (χ2v) is 4.77. The third kappa shape index (κ3) is 3.13. The Morgan fingerprint density at radius 2 is 2.41 bits per heavy atom. The summed E-state index contributed by atoms with van der Waals surface area (Å²) in [7, 11) is 1.67. The third-order valence-electron chi connectivity index (χ3n) is 2.55. The molecule has 0 unspecified atom stereocenters. The number of ether oxygens (including phenoxy) is 1. The van der Waals surface area contributed by atoms with E-state index in [1.165, 1.54) is 18.5 Å². The second kappa shape index (κ2) is 5.42. The van der Waals surface area contributed by atoms with Crippen LogP contribution in [0.4, 0.5) is 5.13 Å². The molecule has 0 aromatic carbocycles. The molecule has 1 aliphatic heterocycles. The smallest absolute Gasteiger partial charge is 0.217 e. The van der Waals surface area contributed by atoms with E-state index in [-0.39, 0.29) is 11.9 Å². The molecule has 2 heterocycles. The summed E-state index contributed by atoms with van der Waals surface area (Å²) >= 11 is 1.40. The fraction of sp³-hybridized carbons (Fsp3) is 0.700. The molecule has 17 heavy (non-hydrogen) atoms. The summed E-state index contributed by atoms with van der Waals surface area (Å²) in [6, 6.07) is 0.249. The van der Waals surface area contributed by atoms with Crippen LogP contribution in [0.15, 0.2) is 0 Å². The van der Waals surface area contributed by atoms with Crippen LogP contribution >= 0.6 is 11.5 Å². The first-order chi connectivity index (χ1) is 8.19. The Morgan fingerprint density at radius 1 is 1.65 bits per heavy atom. The summed E-state index contributed by atoms with van der Waals surface area (Å²) in [4.78, 5) is 17.4. The van der Waals surface area contributed by atoms with Crippen LogP contribution in [0.25, 0.3) is 0 Å². The lowest BCUT2D eigenvalue weighted by atomic mass is 10.1. The fourth-order valence-electron chi connectivity index (χ4n) is 1.68.